The Balaban J connectivity index is 1.75. The van der Waals surface area contributed by atoms with Crippen molar-refractivity contribution in [3.8, 4) is 5.75 Å². The van der Waals surface area contributed by atoms with Crippen molar-refractivity contribution in [1.29, 1.82) is 0 Å². The standard InChI is InChI=1S/C23H25ClN2O2/c1-14(2)23(28)25-17-8-10-21-19(12-17)18-11-16(24)7-9-20(18)26(21)13-15-5-3-4-6-22(15)27/h3-7,9,11,14,17,27H,8,10,12-13H2,1-2H3,(H,25,28). The van der Waals surface area contributed by atoms with Crippen LogP contribution in [0.3, 0.4) is 0 Å². The quantitative estimate of drug-likeness (QED) is 0.672. The van der Waals surface area contributed by atoms with Crippen molar-refractivity contribution in [2.24, 2.45) is 5.92 Å². The van der Waals surface area contributed by atoms with Crippen LogP contribution >= 0.6 is 11.6 Å². The maximum atomic E-state index is 12.2. The fourth-order valence-corrected chi connectivity index (χ4v) is 4.28. The molecule has 0 aliphatic heterocycles. The van der Waals surface area contributed by atoms with Gasteiger partial charge in [0, 0.05) is 39.1 Å². The summed E-state index contributed by atoms with van der Waals surface area (Å²) in [6, 6.07) is 13.6. The lowest BCUT2D eigenvalue weighted by molar-refractivity contribution is -0.124. The van der Waals surface area contributed by atoms with E-state index < -0.39 is 0 Å². The van der Waals surface area contributed by atoms with Gasteiger partial charge in [0.25, 0.3) is 0 Å². The second-order valence-corrected chi connectivity index (χ2v) is 8.34. The molecular formula is C23H25ClN2O2. The molecule has 0 bridgehead atoms. The number of halogens is 1. The smallest absolute Gasteiger partial charge is 0.222 e. The average molecular weight is 397 g/mol. The molecule has 4 nitrogen and oxygen atoms in total. The minimum Gasteiger partial charge on any atom is -0.508 e. The minimum absolute atomic E-state index is 0.0155. The van der Waals surface area contributed by atoms with E-state index in [4.69, 9.17) is 11.6 Å². The molecular weight excluding hydrogens is 372 g/mol. The number of nitrogens with one attached hydrogen (secondary N) is 1. The molecule has 1 unspecified atom stereocenters. The largest absolute Gasteiger partial charge is 0.508 e. The van der Waals surface area contributed by atoms with Crippen LogP contribution in [0.25, 0.3) is 10.9 Å². The molecule has 1 amide bonds. The lowest BCUT2D eigenvalue weighted by Crippen LogP contribution is -2.41. The van der Waals surface area contributed by atoms with Gasteiger partial charge in [-0.25, -0.2) is 0 Å². The van der Waals surface area contributed by atoms with Crippen molar-refractivity contribution < 1.29 is 9.90 Å². The van der Waals surface area contributed by atoms with E-state index in [0.29, 0.717) is 17.3 Å². The van der Waals surface area contributed by atoms with Crippen LogP contribution in [0.4, 0.5) is 0 Å². The number of hydrogen-bond acceptors (Lipinski definition) is 2. The molecule has 1 aliphatic carbocycles. The van der Waals surface area contributed by atoms with Gasteiger partial charge in [-0.3, -0.25) is 4.79 Å². The molecule has 4 rings (SSSR count). The zero-order valence-electron chi connectivity index (χ0n) is 16.2. The highest BCUT2D eigenvalue weighted by atomic mass is 35.5. The number of hydrogen-bond donors (Lipinski definition) is 2. The van der Waals surface area contributed by atoms with Gasteiger partial charge in [0.1, 0.15) is 5.75 Å². The lowest BCUT2D eigenvalue weighted by Gasteiger charge is -2.26. The molecule has 28 heavy (non-hydrogen) atoms. The Morgan fingerprint density at radius 2 is 2.07 bits per heavy atom. The van der Waals surface area contributed by atoms with Crippen LogP contribution in [0.2, 0.25) is 5.02 Å². The number of aromatic hydroxyl groups is 1. The number of aromatic nitrogens is 1. The third-order valence-electron chi connectivity index (χ3n) is 5.62. The number of phenols is 1. The molecule has 1 atom stereocenters. The topological polar surface area (TPSA) is 54.3 Å². The molecule has 0 fully saturated rings. The fraction of sp³-hybridized carbons (Fsp3) is 0.348. The van der Waals surface area contributed by atoms with E-state index >= 15 is 0 Å². The molecule has 5 heteroatoms. The van der Waals surface area contributed by atoms with E-state index in [0.717, 1.165) is 35.7 Å². The summed E-state index contributed by atoms with van der Waals surface area (Å²) in [5.74, 6) is 0.396. The molecule has 0 spiro atoms. The number of benzene rings is 2. The van der Waals surface area contributed by atoms with Crippen molar-refractivity contribution in [2.75, 3.05) is 0 Å². The van der Waals surface area contributed by atoms with E-state index in [1.165, 1.54) is 11.3 Å². The van der Waals surface area contributed by atoms with E-state index in [9.17, 15) is 9.90 Å². The summed E-state index contributed by atoms with van der Waals surface area (Å²) >= 11 is 6.30. The number of nitrogens with zero attached hydrogens (tertiary/aromatic N) is 1. The van der Waals surface area contributed by atoms with Crippen molar-refractivity contribution in [3.63, 3.8) is 0 Å². The zero-order valence-corrected chi connectivity index (χ0v) is 17.0. The number of carbonyl (C=O) groups is 1. The Bertz CT molecular complexity index is 1040. The van der Waals surface area contributed by atoms with Crippen molar-refractivity contribution in [2.45, 2.75) is 45.7 Å². The fourth-order valence-electron chi connectivity index (χ4n) is 4.11. The molecule has 1 aromatic heterocycles. The third-order valence-corrected chi connectivity index (χ3v) is 5.85. The third kappa shape index (κ3) is 3.49. The number of fused-ring (bicyclic) bond motifs is 3. The van der Waals surface area contributed by atoms with Crippen molar-refractivity contribution in [1.82, 2.24) is 9.88 Å². The molecule has 2 N–H and O–H groups in total. The average Bonchev–Trinajstić information content (AvgIpc) is 2.96. The van der Waals surface area contributed by atoms with E-state index in [2.05, 4.69) is 16.0 Å². The van der Waals surface area contributed by atoms with Crippen LogP contribution in [0, 0.1) is 5.92 Å². The van der Waals surface area contributed by atoms with E-state index in [-0.39, 0.29) is 17.9 Å². The zero-order chi connectivity index (χ0) is 19.8. The van der Waals surface area contributed by atoms with Crippen LogP contribution in [0.1, 0.15) is 37.1 Å². The number of phenolic OH excluding ortho intramolecular Hbond substituents is 1. The van der Waals surface area contributed by atoms with Crippen LogP contribution < -0.4 is 5.32 Å². The van der Waals surface area contributed by atoms with Gasteiger partial charge >= 0.3 is 0 Å². The predicted molar refractivity (Wildman–Crippen MR) is 113 cm³/mol. The Morgan fingerprint density at radius 1 is 1.29 bits per heavy atom. The van der Waals surface area contributed by atoms with Gasteiger partial charge in [0.15, 0.2) is 0 Å². The van der Waals surface area contributed by atoms with Gasteiger partial charge in [0.05, 0.1) is 6.54 Å². The van der Waals surface area contributed by atoms with Gasteiger partial charge < -0.3 is 15.0 Å². The van der Waals surface area contributed by atoms with Crippen LogP contribution in [0.15, 0.2) is 42.5 Å². The Hall–Kier alpha value is -2.46. The molecule has 0 saturated heterocycles. The van der Waals surface area contributed by atoms with Crippen LogP contribution in [-0.4, -0.2) is 21.6 Å². The monoisotopic (exact) mass is 396 g/mol. The highest BCUT2D eigenvalue weighted by Gasteiger charge is 2.27. The first-order valence-corrected chi connectivity index (χ1v) is 10.2. The second kappa shape index (κ2) is 7.51. The maximum Gasteiger partial charge on any atom is 0.222 e. The summed E-state index contributed by atoms with van der Waals surface area (Å²) in [7, 11) is 0. The lowest BCUT2D eigenvalue weighted by atomic mass is 9.91. The van der Waals surface area contributed by atoms with Crippen LogP contribution in [0.5, 0.6) is 5.75 Å². The van der Waals surface area contributed by atoms with Gasteiger partial charge in [-0.05, 0) is 49.1 Å². The maximum absolute atomic E-state index is 12.2. The number of amides is 1. The first-order chi connectivity index (χ1) is 13.4. The van der Waals surface area contributed by atoms with E-state index in [1.54, 1.807) is 6.07 Å². The number of carbonyl (C=O) groups excluding carboxylic acids is 1. The molecule has 0 radical (unpaired) electrons. The number of para-hydroxylation sites is 1. The molecule has 0 saturated carbocycles. The molecule has 1 aliphatic rings. The van der Waals surface area contributed by atoms with Crippen LogP contribution in [-0.2, 0) is 24.2 Å². The second-order valence-electron chi connectivity index (χ2n) is 7.90. The minimum atomic E-state index is -0.0155. The van der Waals surface area contributed by atoms with Crippen molar-refractivity contribution >= 4 is 28.4 Å². The number of rotatable bonds is 4. The molecule has 3 aromatic rings. The normalized spacial score (nSPS) is 16.4. The summed E-state index contributed by atoms with van der Waals surface area (Å²) in [5.41, 5.74) is 4.55. The van der Waals surface area contributed by atoms with Gasteiger partial charge in [-0.15, -0.1) is 0 Å². The summed E-state index contributed by atoms with van der Waals surface area (Å²) in [4.78, 5) is 12.2. The van der Waals surface area contributed by atoms with Gasteiger partial charge in [-0.1, -0.05) is 43.6 Å². The first kappa shape index (κ1) is 18.9. The summed E-state index contributed by atoms with van der Waals surface area (Å²) in [6.07, 6.45) is 2.60. The summed E-state index contributed by atoms with van der Waals surface area (Å²) < 4.78 is 2.29. The highest BCUT2D eigenvalue weighted by Crippen LogP contribution is 2.35. The Kier molecular flexibility index (Phi) is 5.07. The molecule has 146 valence electrons. The summed E-state index contributed by atoms with van der Waals surface area (Å²) in [5, 5.41) is 15.3. The van der Waals surface area contributed by atoms with Crippen molar-refractivity contribution in [3.05, 3.63) is 64.3 Å². The SMILES string of the molecule is CC(C)C(=O)NC1CCc2c(c3cc(Cl)ccc3n2Cc2ccccc2O)C1. The summed E-state index contributed by atoms with van der Waals surface area (Å²) in [6.45, 7) is 4.45. The predicted octanol–water partition coefficient (Wildman–Crippen LogP) is 4.68. The Morgan fingerprint density at radius 3 is 2.82 bits per heavy atom. The van der Waals surface area contributed by atoms with E-state index in [1.807, 2.05) is 44.2 Å². The molecule has 1 heterocycles. The molecule has 2 aromatic carbocycles. The van der Waals surface area contributed by atoms with Gasteiger partial charge in [0.2, 0.25) is 5.91 Å². The Labute approximate surface area is 170 Å². The first-order valence-electron chi connectivity index (χ1n) is 9.80. The highest BCUT2D eigenvalue weighted by molar-refractivity contribution is 6.31. The van der Waals surface area contributed by atoms with Gasteiger partial charge in [-0.2, -0.15) is 0 Å².